The van der Waals surface area contributed by atoms with Crippen LogP contribution < -0.4 is 19.5 Å². The highest BCUT2D eigenvalue weighted by molar-refractivity contribution is 7.90. The predicted molar refractivity (Wildman–Crippen MR) is 106 cm³/mol. The first-order valence-electron chi connectivity index (χ1n) is 8.38. The van der Waals surface area contributed by atoms with E-state index in [1.807, 2.05) is 10.8 Å². The number of methoxy groups -OCH3 is 2. The first-order valence-corrected chi connectivity index (χ1v) is 9.86. The summed E-state index contributed by atoms with van der Waals surface area (Å²) in [6.45, 7) is 0. The lowest BCUT2D eigenvalue weighted by Crippen LogP contribution is -2.35. The van der Waals surface area contributed by atoms with Gasteiger partial charge in [0.2, 0.25) is 17.7 Å². The second kappa shape index (κ2) is 8.57. The Morgan fingerprint density at radius 1 is 0.897 bits per heavy atom. The van der Waals surface area contributed by atoms with Gasteiger partial charge in [0.1, 0.15) is 0 Å². The molecule has 0 unspecified atom stereocenters. The fourth-order valence-electron chi connectivity index (χ4n) is 2.53. The number of anilines is 1. The van der Waals surface area contributed by atoms with Crippen molar-refractivity contribution in [3.05, 3.63) is 60.7 Å². The summed E-state index contributed by atoms with van der Waals surface area (Å²) < 4.78 is 37.6. The lowest BCUT2D eigenvalue weighted by atomic mass is 10.1. The monoisotopic (exact) mass is 414 g/mol. The zero-order valence-corrected chi connectivity index (χ0v) is 16.4. The molecule has 10 heteroatoms. The Morgan fingerprint density at radius 2 is 1.48 bits per heavy atom. The number of rotatable bonds is 6. The summed E-state index contributed by atoms with van der Waals surface area (Å²) in [4.78, 5) is 20.1. The van der Waals surface area contributed by atoms with Crippen molar-refractivity contribution in [2.24, 2.45) is 0 Å². The van der Waals surface area contributed by atoms with E-state index in [1.165, 1.54) is 26.4 Å². The Kier molecular flexibility index (Phi) is 5.93. The SMILES string of the molecule is COc1cc(OC)nc(NC(=O)NS(=O)(=O)c2ccccc2-c2ccccc2)n1. The van der Waals surface area contributed by atoms with Crippen molar-refractivity contribution in [3.8, 4) is 22.9 Å². The van der Waals surface area contributed by atoms with Gasteiger partial charge in [-0.1, -0.05) is 48.5 Å². The molecule has 9 nitrogen and oxygen atoms in total. The van der Waals surface area contributed by atoms with Crippen LogP contribution in [0.25, 0.3) is 11.1 Å². The maximum atomic E-state index is 12.8. The summed E-state index contributed by atoms with van der Waals surface area (Å²) in [7, 11) is -1.40. The number of hydrogen-bond acceptors (Lipinski definition) is 7. The average molecular weight is 414 g/mol. The van der Waals surface area contributed by atoms with Gasteiger partial charge in [-0.05, 0) is 11.6 Å². The number of sulfonamides is 1. The molecule has 0 bridgehead atoms. The number of carbonyl (C=O) groups excluding carboxylic acids is 1. The van der Waals surface area contributed by atoms with Gasteiger partial charge in [0.15, 0.2) is 0 Å². The quantitative estimate of drug-likeness (QED) is 0.636. The largest absolute Gasteiger partial charge is 0.481 e. The molecule has 29 heavy (non-hydrogen) atoms. The minimum Gasteiger partial charge on any atom is -0.481 e. The van der Waals surface area contributed by atoms with Gasteiger partial charge in [0.25, 0.3) is 10.0 Å². The normalized spacial score (nSPS) is 10.8. The molecular weight excluding hydrogens is 396 g/mol. The second-order valence-electron chi connectivity index (χ2n) is 5.70. The molecule has 3 rings (SSSR count). The lowest BCUT2D eigenvalue weighted by Gasteiger charge is -2.12. The van der Waals surface area contributed by atoms with Gasteiger partial charge in [0, 0.05) is 5.56 Å². The molecule has 0 aliphatic carbocycles. The Balaban J connectivity index is 1.85. The van der Waals surface area contributed by atoms with Crippen LogP contribution in [-0.4, -0.2) is 38.6 Å². The second-order valence-corrected chi connectivity index (χ2v) is 7.35. The number of nitrogens with zero attached hydrogens (tertiary/aromatic N) is 2. The van der Waals surface area contributed by atoms with Crippen molar-refractivity contribution in [1.82, 2.24) is 14.7 Å². The fourth-order valence-corrected chi connectivity index (χ4v) is 3.67. The van der Waals surface area contributed by atoms with Crippen LogP contribution in [0, 0.1) is 0 Å². The summed E-state index contributed by atoms with van der Waals surface area (Å²) in [6, 6.07) is 15.8. The number of ether oxygens (including phenoxy) is 2. The summed E-state index contributed by atoms with van der Waals surface area (Å²) in [6.07, 6.45) is 0. The van der Waals surface area contributed by atoms with Crippen LogP contribution >= 0.6 is 0 Å². The molecule has 1 aromatic heterocycles. The summed E-state index contributed by atoms with van der Waals surface area (Å²) in [5.74, 6) is 0.110. The zero-order valence-electron chi connectivity index (χ0n) is 15.6. The Labute approximate surface area is 167 Å². The van der Waals surface area contributed by atoms with Crippen LogP contribution in [0.5, 0.6) is 11.8 Å². The maximum Gasteiger partial charge on any atom is 0.335 e. The van der Waals surface area contributed by atoms with Gasteiger partial charge in [-0.15, -0.1) is 0 Å². The van der Waals surface area contributed by atoms with E-state index >= 15 is 0 Å². The summed E-state index contributed by atoms with van der Waals surface area (Å²) in [5.41, 5.74) is 1.17. The van der Waals surface area contributed by atoms with E-state index in [0.717, 1.165) is 0 Å². The van der Waals surface area contributed by atoms with Gasteiger partial charge in [0.05, 0.1) is 25.2 Å². The van der Waals surface area contributed by atoms with E-state index < -0.39 is 16.1 Å². The third-order valence-corrected chi connectivity index (χ3v) is 5.20. The van der Waals surface area contributed by atoms with Crippen molar-refractivity contribution in [1.29, 1.82) is 0 Å². The highest BCUT2D eigenvalue weighted by Crippen LogP contribution is 2.27. The van der Waals surface area contributed by atoms with E-state index in [9.17, 15) is 13.2 Å². The third-order valence-electron chi connectivity index (χ3n) is 3.81. The molecule has 0 saturated heterocycles. The standard InChI is InChI=1S/C19H18N4O5S/c1-27-16-12-17(28-2)21-18(20-16)22-19(24)23-29(25,26)15-11-7-6-10-14(15)13-8-4-3-5-9-13/h3-12H,1-2H3,(H2,20,21,22,23,24). The molecule has 2 N–H and O–H groups in total. The Hall–Kier alpha value is -3.66. The maximum absolute atomic E-state index is 12.8. The minimum atomic E-state index is -4.17. The van der Waals surface area contributed by atoms with E-state index in [4.69, 9.17) is 9.47 Å². The number of aromatic nitrogens is 2. The highest BCUT2D eigenvalue weighted by atomic mass is 32.2. The first kappa shape index (κ1) is 20.1. The van der Waals surface area contributed by atoms with E-state index in [2.05, 4.69) is 15.3 Å². The van der Waals surface area contributed by atoms with Crippen LogP contribution in [0.1, 0.15) is 0 Å². The molecule has 0 aliphatic heterocycles. The van der Waals surface area contributed by atoms with Crippen LogP contribution in [-0.2, 0) is 10.0 Å². The number of carbonyl (C=O) groups is 1. The van der Waals surface area contributed by atoms with Crippen LogP contribution in [0.15, 0.2) is 65.6 Å². The average Bonchev–Trinajstić information content (AvgIpc) is 2.73. The Bertz CT molecular complexity index is 1100. The smallest absolute Gasteiger partial charge is 0.335 e. The zero-order chi connectivity index (χ0) is 20.9. The summed E-state index contributed by atoms with van der Waals surface area (Å²) in [5, 5.41) is 2.27. The molecule has 1 heterocycles. The van der Waals surface area contributed by atoms with Crippen LogP contribution in [0.4, 0.5) is 10.7 Å². The minimum absolute atomic E-state index is 0.0366. The topological polar surface area (TPSA) is 120 Å². The molecule has 2 aromatic carbocycles. The van der Waals surface area contributed by atoms with Crippen molar-refractivity contribution >= 4 is 22.0 Å². The van der Waals surface area contributed by atoms with Gasteiger partial charge < -0.3 is 9.47 Å². The first-order chi connectivity index (χ1) is 13.9. The molecule has 0 fully saturated rings. The van der Waals surface area contributed by atoms with Crippen molar-refractivity contribution in [2.45, 2.75) is 4.90 Å². The number of benzene rings is 2. The van der Waals surface area contributed by atoms with Crippen molar-refractivity contribution < 1.29 is 22.7 Å². The van der Waals surface area contributed by atoms with Crippen molar-refractivity contribution in [2.75, 3.05) is 19.5 Å². The predicted octanol–water partition coefficient (Wildman–Crippen LogP) is 2.67. The highest BCUT2D eigenvalue weighted by Gasteiger charge is 2.22. The lowest BCUT2D eigenvalue weighted by molar-refractivity contribution is 0.256. The van der Waals surface area contributed by atoms with Gasteiger partial charge in [-0.3, -0.25) is 5.32 Å². The number of hydrogen-bond donors (Lipinski definition) is 2. The number of nitrogens with one attached hydrogen (secondary N) is 2. The molecule has 0 radical (unpaired) electrons. The number of urea groups is 1. The number of amides is 2. The molecule has 0 spiro atoms. The molecule has 0 saturated carbocycles. The van der Waals surface area contributed by atoms with Gasteiger partial charge in [-0.25, -0.2) is 17.9 Å². The molecule has 0 atom stereocenters. The third kappa shape index (κ3) is 4.79. The molecule has 2 amide bonds. The van der Waals surface area contributed by atoms with E-state index in [-0.39, 0.29) is 22.6 Å². The van der Waals surface area contributed by atoms with Crippen LogP contribution in [0.2, 0.25) is 0 Å². The van der Waals surface area contributed by atoms with E-state index in [1.54, 1.807) is 42.5 Å². The van der Waals surface area contributed by atoms with Gasteiger partial charge in [-0.2, -0.15) is 9.97 Å². The molecule has 3 aromatic rings. The van der Waals surface area contributed by atoms with Gasteiger partial charge >= 0.3 is 6.03 Å². The molecule has 150 valence electrons. The van der Waals surface area contributed by atoms with Crippen LogP contribution in [0.3, 0.4) is 0 Å². The summed E-state index contributed by atoms with van der Waals surface area (Å²) >= 11 is 0. The Morgan fingerprint density at radius 3 is 2.10 bits per heavy atom. The van der Waals surface area contributed by atoms with Crippen molar-refractivity contribution in [3.63, 3.8) is 0 Å². The van der Waals surface area contributed by atoms with E-state index in [0.29, 0.717) is 11.1 Å². The molecular formula is C19H18N4O5S. The molecule has 0 aliphatic rings. The fraction of sp³-hybridized carbons (Fsp3) is 0.105.